The Morgan fingerprint density at radius 3 is 2.70 bits per heavy atom. The highest BCUT2D eigenvalue weighted by atomic mass is 35.5. The summed E-state index contributed by atoms with van der Waals surface area (Å²) >= 11 is 6.14. The van der Waals surface area contributed by atoms with Gasteiger partial charge in [-0.15, -0.1) is 0 Å². The van der Waals surface area contributed by atoms with E-state index in [4.69, 9.17) is 26.1 Å². The standard InChI is InChI=1S/C22H23ClN2O2/c1-26-21-6-3-15(11-22(21)27-2)7-9-25-10-8-20-17(14-25)12-16-13-18(23)4-5-19(16)24-20/h3-6,11-13H,7-10,14H2,1-2H3. The highest BCUT2D eigenvalue weighted by Gasteiger charge is 2.18. The molecule has 2 heterocycles. The Balaban J connectivity index is 1.46. The van der Waals surface area contributed by atoms with Crippen LogP contribution in [0.5, 0.6) is 11.5 Å². The van der Waals surface area contributed by atoms with E-state index >= 15 is 0 Å². The van der Waals surface area contributed by atoms with Crippen molar-refractivity contribution in [2.24, 2.45) is 0 Å². The fourth-order valence-corrected chi connectivity index (χ4v) is 3.86. The molecule has 140 valence electrons. The second-order valence-corrected chi connectivity index (χ2v) is 7.33. The molecular formula is C22H23ClN2O2. The minimum absolute atomic E-state index is 0.755. The van der Waals surface area contributed by atoms with Crippen LogP contribution in [0.15, 0.2) is 42.5 Å². The van der Waals surface area contributed by atoms with Crippen LogP contribution in [0.4, 0.5) is 0 Å². The van der Waals surface area contributed by atoms with E-state index in [9.17, 15) is 0 Å². The molecule has 5 heteroatoms. The zero-order valence-electron chi connectivity index (χ0n) is 15.7. The van der Waals surface area contributed by atoms with E-state index in [0.717, 1.165) is 59.9 Å². The number of fused-ring (bicyclic) bond motifs is 2. The topological polar surface area (TPSA) is 34.6 Å². The largest absolute Gasteiger partial charge is 0.493 e. The van der Waals surface area contributed by atoms with Crippen molar-refractivity contribution in [2.75, 3.05) is 27.3 Å². The van der Waals surface area contributed by atoms with Crippen molar-refractivity contribution in [2.45, 2.75) is 19.4 Å². The van der Waals surface area contributed by atoms with Crippen molar-refractivity contribution in [1.82, 2.24) is 9.88 Å². The molecule has 3 aromatic rings. The van der Waals surface area contributed by atoms with Gasteiger partial charge in [0.05, 0.1) is 19.7 Å². The van der Waals surface area contributed by atoms with Crippen LogP contribution < -0.4 is 9.47 Å². The Hall–Kier alpha value is -2.30. The Morgan fingerprint density at radius 1 is 1.04 bits per heavy atom. The highest BCUT2D eigenvalue weighted by Crippen LogP contribution is 2.28. The van der Waals surface area contributed by atoms with Gasteiger partial charge in [0.2, 0.25) is 0 Å². The van der Waals surface area contributed by atoms with Crippen LogP contribution in [0, 0.1) is 0 Å². The molecule has 0 atom stereocenters. The Labute approximate surface area is 164 Å². The maximum atomic E-state index is 6.14. The molecule has 0 amide bonds. The molecule has 0 saturated heterocycles. The van der Waals surface area contributed by atoms with Gasteiger partial charge >= 0.3 is 0 Å². The molecule has 0 spiro atoms. The van der Waals surface area contributed by atoms with Crippen molar-refractivity contribution in [3.8, 4) is 11.5 Å². The average Bonchev–Trinajstić information content (AvgIpc) is 2.70. The van der Waals surface area contributed by atoms with Crippen LogP contribution in [0.1, 0.15) is 16.8 Å². The average molecular weight is 383 g/mol. The van der Waals surface area contributed by atoms with Crippen molar-refractivity contribution >= 4 is 22.5 Å². The molecule has 0 radical (unpaired) electrons. The third kappa shape index (κ3) is 3.87. The summed E-state index contributed by atoms with van der Waals surface area (Å²) in [6, 6.07) is 14.3. The van der Waals surface area contributed by atoms with Crippen molar-refractivity contribution in [1.29, 1.82) is 0 Å². The molecular weight excluding hydrogens is 360 g/mol. The molecule has 4 nitrogen and oxygen atoms in total. The SMILES string of the molecule is COc1ccc(CCN2CCc3nc4ccc(Cl)cc4cc3C2)cc1OC. The van der Waals surface area contributed by atoms with Gasteiger partial charge in [0.1, 0.15) is 0 Å². The van der Waals surface area contributed by atoms with E-state index in [0.29, 0.717) is 0 Å². The van der Waals surface area contributed by atoms with E-state index in [1.54, 1.807) is 14.2 Å². The van der Waals surface area contributed by atoms with Gasteiger partial charge < -0.3 is 9.47 Å². The first-order valence-electron chi connectivity index (χ1n) is 9.17. The van der Waals surface area contributed by atoms with Gasteiger partial charge in [-0.2, -0.15) is 0 Å². The summed E-state index contributed by atoms with van der Waals surface area (Å²) in [5.41, 5.74) is 4.80. The summed E-state index contributed by atoms with van der Waals surface area (Å²) in [5, 5.41) is 1.87. The number of hydrogen-bond donors (Lipinski definition) is 0. The molecule has 0 unspecified atom stereocenters. The molecule has 1 aromatic heterocycles. The molecule has 0 fully saturated rings. The van der Waals surface area contributed by atoms with Gasteiger partial charge in [0.15, 0.2) is 11.5 Å². The monoisotopic (exact) mass is 382 g/mol. The van der Waals surface area contributed by atoms with Gasteiger partial charge in [-0.25, -0.2) is 0 Å². The van der Waals surface area contributed by atoms with Crippen LogP contribution in [0.3, 0.4) is 0 Å². The Morgan fingerprint density at radius 2 is 1.89 bits per heavy atom. The zero-order valence-corrected chi connectivity index (χ0v) is 16.4. The molecule has 1 aliphatic heterocycles. The molecule has 1 aliphatic rings. The van der Waals surface area contributed by atoms with Gasteiger partial charge in [-0.3, -0.25) is 9.88 Å². The summed E-state index contributed by atoms with van der Waals surface area (Å²) in [6.45, 7) is 2.97. The molecule has 27 heavy (non-hydrogen) atoms. The second kappa shape index (κ2) is 7.75. The van der Waals surface area contributed by atoms with Gasteiger partial charge in [-0.05, 0) is 53.9 Å². The highest BCUT2D eigenvalue weighted by molar-refractivity contribution is 6.31. The third-order valence-corrected chi connectivity index (χ3v) is 5.40. The quantitative estimate of drug-likeness (QED) is 0.650. The summed E-state index contributed by atoms with van der Waals surface area (Å²) in [7, 11) is 3.33. The number of hydrogen-bond acceptors (Lipinski definition) is 4. The Bertz CT molecular complexity index is 974. The van der Waals surface area contributed by atoms with Crippen LogP contribution >= 0.6 is 11.6 Å². The summed E-state index contributed by atoms with van der Waals surface area (Å²) in [6.07, 6.45) is 1.96. The van der Waals surface area contributed by atoms with E-state index in [-0.39, 0.29) is 0 Å². The first-order valence-corrected chi connectivity index (χ1v) is 9.55. The van der Waals surface area contributed by atoms with Gasteiger partial charge in [0, 0.05) is 42.2 Å². The van der Waals surface area contributed by atoms with Crippen LogP contribution in [0.25, 0.3) is 10.9 Å². The second-order valence-electron chi connectivity index (χ2n) is 6.90. The molecule has 0 bridgehead atoms. The molecule has 0 aliphatic carbocycles. The number of aromatic nitrogens is 1. The lowest BCUT2D eigenvalue weighted by Gasteiger charge is -2.28. The lowest BCUT2D eigenvalue weighted by molar-refractivity contribution is 0.255. The van der Waals surface area contributed by atoms with Crippen LogP contribution in [-0.2, 0) is 19.4 Å². The maximum absolute atomic E-state index is 6.14. The predicted octanol–water partition coefficient (Wildman–Crippen LogP) is 4.51. The number of rotatable bonds is 5. The smallest absolute Gasteiger partial charge is 0.160 e. The lowest BCUT2D eigenvalue weighted by atomic mass is 10.0. The predicted molar refractivity (Wildman–Crippen MR) is 109 cm³/mol. The van der Waals surface area contributed by atoms with E-state index in [2.05, 4.69) is 23.1 Å². The van der Waals surface area contributed by atoms with Crippen molar-refractivity contribution in [3.05, 3.63) is 64.3 Å². The number of nitrogens with zero attached hydrogens (tertiary/aromatic N) is 2. The fourth-order valence-electron chi connectivity index (χ4n) is 3.68. The Kier molecular flexibility index (Phi) is 5.19. The molecule has 4 rings (SSSR count). The normalized spacial score (nSPS) is 14.2. The number of benzene rings is 2. The number of pyridine rings is 1. The van der Waals surface area contributed by atoms with Gasteiger partial charge in [0.25, 0.3) is 0 Å². The number of halogens is 1. The summed E-state index contributed by atoms with van der Waals surface area (Å²) in [4.78, 5) is 7.32. The summed E-state index contributed by atoms with van der Waals surface area (Å²) < 4.78 is 10.7. The first-order chi connectivity index (χ1) is 13.2. The van der Waals surface area contributed by atoms with E-state index in [1.165, 1.54) is 16.8 Å². The fraction of sp³-hybridized carbons (Fsp3) is 0.318. The van der Waals surface area contributed by atoms with E-state index < -0.39 is 0 Å². The molecule has 2 aromatic carbocycles. The maximum Gasteiger partial charge on any atom is 0.160 e. The van der Waals surface area contributed by atoms with Crippen molar-refractivity contribution < 1.29 is 9.47 Å². The zero-order chi connectivity index (χ0) is 18.8. The van der Waals surface area contributed by atoms with Crippen molar-refractivity contribution in [3.63, 3.8) is 0 Å². The minimum Gasteiger partial charge on any atom is -0.493 e. The third-order valence-electron chi connectivity index (χ3n) is 5.17. The molecule has 0 N–H and O–H groups in total. The van der Waals surface area contributed by atoms with Crippen LogP contribution in [0.2, 0.25) is 5.02 Å². The molecule has 0 saturated carbocycles. The minimum atomic E-state index is 0.755. The van der Waals surface area contributed by atoms with E-state index in [1.807, 2.05) is 24.3 Å². The first kappa shape index (κ1) is 18.1. The summed E-state index contributed by atoms with van der Waals surface area (Å²) in [5.74, 6) is 1.55. The van der Waals surface area contributed by atoms with Crippen LogP contribution in [-0.4, -0.2) is 37.2 Å². The number of methoxy groups -OCH3 is 2. The lowest BCUT2D eigenvalue weighted by Crippen LogP contribution is -2.32. The van der Waals surface area contributed by atoms with Gasteiger partial charge in [-0.1, -0.05) is 17.7 Å². The number of ether oxygens (including phenoxy) is 2.